The van der Waals surface area contributed by atoms with E-state index in [0.29, 0.717) is 6.42 Å². The molecular weight excluding hydrogens is 367 g/mol. The van der Waals surface area contributed by atoms with Crippen molar-refractivity contribution in [2.24, 2.45) is 0 Å². The molecule has 0 radical (unpaired) electrons. The molecule has 5 nitrogen and oxygen atoms in total. The summed E-state index contributed by atoms with van der Waals surface area (Å²) in [5, 5.41) is 2.62. The van der Waals surface area contributed by atoms with Gasteiger partial charge in [-0.25, -0.2) is 17.5 Å². The van der Waals surface area contributed by atoms with Crippen molar-refractivity contribution in [3.8, 4) is 0 Å². The number of benzene rings is 2. The van der Waals surface area contributed by atoms with E-state index < -0.39 is 21.7 Å². The van der Waals surface area contributed by atoms with Gasteiger partial charge < -0.3 is 5.32 Å². The number of nitrogens with one attached hydrogen (secondary N) is 2. The second-order valence-corrected chi connectivity index (χ2v) is 7.63. The largest absolute Gasteiger partial charge is 0.319 e. The maximum Gasteiger partial charge on any atom is 0.257 e. The van der Waals surface area contributed by atoms with Gasteiger partial charge in [0.2, 0.25) is 10.0 Å². The van der Waals surface area contributed by atoms with Gasteiger partial charge >= 0.3 is 0 Å². The van der Waals surface area contributed by atoms with E-state index in [1.807, 2.05) is 6.92 Å². The van der Waals surface area contributed by atoms with Gasteiger partial charge in [-0.15, -0.1) is 0 Å². The molecule has 2 N–H and O–H groups in total. The van der Waals surface area contributed by atoms with Crippen molar-refractivity contribution in [2.45, 2.75) is 31.2 Å². The fourth-order valence-corrected chi connectivity index (χ4v) is 3.58. The van der Waals surface area contributed by atoms with Crippen molar-refractivity contribution >= 4 is 33.2 Å². The van der Waals surface area contributed by atoms with Gasteiger partial charge in [0.25, 0.3) is 5.91 Å². The summed E-state index contributed by atoms with van der Waals surface area (Å²) in [5.74, 6) is -1.44. The molecule has 0 saturated carbocycles. The van der Waals surface area contributed by atoms with Crippen LogP contribution in [0.3, 0.4) is 0 Å². The van der Waals surface area contributed by atoms with Crippen molar-refractivity contribution < 1.29 is 17.6 Å². The van der Waals surface area contributed by atoms with E-state index in [1.165, 1.54) is 18.2 Å². The summed E-state index contributed by atoms with van der Waals surface area (Å²) in [6, 6.07) is 9.38. The number of hydrogen-bond acceptors (Lipinski definition) is 3. The van der Waals surface area contributed by atoms with Crippen LogP contribution < -0.4 is 10.0 Å². The van der Waals surface area contributed by atoms with Crippen LogP contribution in [-0.2, 0) is 10.0 Å². The molecule has 134 valence electrons. The molecule has 0 aromatic heterocycles. The van der Waals surface area contributed by atoms with Crippen LogP contribution in [0.4, 0.5) is 10.1 Å². The van der Waals surface area contributed by atoms with Gasteiger partial charge in [-0.2, -0.15) is 0 Å². The third-order valence-corrected chi connectivity index (χ3v) is 5.50. The Morgan fingerprint density at radius 3 is 2.52 bits per heavy atom. The first-order chi connectivity index (χ1) is 11.7. The highest BCUT2D eigenvalue weighted by Crippen LogP contribution is 2.22. The first kappa shape index (κ1) is 19.4. The van der Waals surface area contributed by atoms with Crippen LogP contribution in [0.5, 0.6) is 0 Å². The molecule has 2 aromatic rings. The van der Waals surface area contributed by atoms with E-state index in [1.54, 1.807) is 25.1 Å². The average Bonchev–Trinajstić information content (AvgIpc) is 2.56. The van der Waals surface area contributed by atoms with Gasteiger partial charge in [-0.05, 0) is 43.7 Å². The minimum atomic E-state index is -3.82. The lowest BCUT2D eigenvalue weighted by atomic mass is 10.2. The summed E-state index contributed by atoms with van der Waals surface area (Å²) in [6.07, 6.45) is 0.605. The van der Waals surface area contributed by atoms with Gasteiger partial charge in [0.05, 0.1) is 21.2 Å². The summed E-state index contributed by atoms with van der Waals surface area (Å²) in [4.78, 5) is 12.0. The Balaban J connectivity index is 2.23. The number of rotatable bonds is 6. The molecule has 0 bridgehead atoms. The van der Waals surface area contributed by atoms with E-state index in [2.05, 4.69) is 10.0 Å². The number of halogens is 2. The Bertz CT molecular complexity index is 887. The minimum absolute atomic E-state index is 0.132. The fourth-order valence-electron chi connectivity index (χ4n) is 2.02. The molecule has 0 heterocycles. The quantitative estimate of drug-likeness (QED) is 0.795. The molecule has 1 atom stereocenters. The molecule has 2 aromatic carbocycles. The molecule has 1 amide bonds. The van der Waals surface area contributed by atoms with Crippen molar-refractivity contribution in [3.05, 3.63) is 58.9 Å². The van der Waals surface area contributed by atoms with Crippen LogP contribution >= 0.6 is 11.6 Å². The number of sulfonamides is 1. The number of carbonyl (C=O) groups excluding carboxylic acids is 1. The monoisotopic (exact) mass is 384 g/mol. The standard InChI is InChI=1S/C17H18ClFN2O3S/c1-3-11(2)21-25(23,24)12-8-9-16(15(19)10-12)20-17(22)13-6-4-5-7-14(13)18/h4-11,21H,3H2,1-2H3,(H,20,22). The summed E-state index contributed by atoms with van der Waals surface area (Å²) in [5.41, 5.74) is 0.0612. The molecule has 25 heavy (non-hydrogen) atoms. The molecule has 0 aliphatic heterocycles. The van der Waals surface area contributed by atoms with Gasteiger partial charge in [-0.1, -0.05) is 30.7 Å². The Hall–Kier alpha value is -1.96. The van der Waals surface area contributed by atoms with Crippen LogP contribution in [0.2, 0.25) is 5.02 Å². The molecule has 2 rings (SSSR count). The molecule has 0 fully saturated rings. The van der Waals surface area contributed by atoms with Crippen LogP contribution in [0.1, 0.15) is 30.6 Å². The Kier molecular flexibility index (Phi) is 6.16. The van der Waals surface area contributed by atoms with Crippen molar-refractivity contribution in [1.82, 2.24) is 4.72 Å². The summed E-state index contributed by atoms with van der Waals surface area (Å²) >= 11 is 5.93. The predicted molar refractivity (Wildman–Crippen MR) is 95.9 cm³/mol. The maximum absolute atomic E-state index is 14.2. The number of amides is 1. The third kappa shape index (κ3) is 4.78. The number of anilines is 1. The van der Waals surface area contributed by atoms with Gasteiger partial charge in [0, 0.05) is 6.04 Å². The Morgan fingerprint density at radius 1 is 1.24 bits per heavy atom. The highest BCUT2D eigenvalue weighted by molar-refractivity contribution is 7.89. The summed E-state index contributed by atoms with van der Waals surface area (Å²) in [7, 11) is -3.82. The number of carbonyl (C=O) groups is 1. The van der Waals surface area contributed by atoms with Crippen molar-refractivity contribution in [2.75, 3.05) is 5.32 Å². The third-order valence-electron chi connectivity index (χ3n) is 3.59. The zero-order valence-corrected chi connectivity index (χ0v) is 15.3. The topological polar surface area (TPSA) is 75.3 Å². The molecule has 0 aliphatic rings. The Morgan fingerprint density at radius 2 is 1.92 bits per heavy atom. The van der Waals surface area contributed by atoms with E-state index >= 15 is 0 Å². The Labute approximate surface area is 151 Å². The van der Waals surface area contributed by atoms with Gasteiger partial charge in [-0.3, -0.25) is 4.79 Å². The second-order valence-electron chi connectivity index (χ2n) is 5.51. The molecule has 0 spiro atoms. The van der Waals surface area contributed by atoms with Crippen LogP contribution in [0.25, 0.3) is 0 Å². The molecular formula is C17H18ClFN2O3S. The molecule has 0 aliphatic carbocycles. The van der Waals surface area contributed by atoms with E-state index in [4.69, 9.17) is 11.6 Å². The average molecular weight is 385 g/mol. The predicted octanol–water partition coefficient (Wildman–Crippen LogP) is 3.81. The second kappa shape index (κ2) is 7.95. The van der Waals surface area contributed by atoms with E-state index in [9.17, 15) is 17.6 Å². The van der Waals surface area contributed by atoms with E-state index in [0.717, 1.165) is 6.07 Å². The summed E-state index contributed by atoms with van der Waals surface area (Å²) in [6.45, 7) is 3.55. The van der Waals surface area contributed by atoms with Gasteiger partial charge in [0.1, 0.15) is 5.82 Å². The van der Waals surface area contributed by atoms with E-state index in [-0.39, 0.29) is 27.2 Å². The smallest absolute Gasteiger partial charge is 0.257 e. The minimum Gasteiger partial charge on any atom is -0.319 e. The van der Waals surface area contributed by atoms with Gasteiger partial charge in [0.15, 0.2) is 0 Å². The molecule has 0 saturated heterocycles. The first-order valence-corrected chi connectivity index (χ1v) is 9.48. The first-order valence-electron chi connectivity index (χ1n) is 7.62. The number of hydrogen-bond donors (Lipinski definition) is 2. The van der Waals surface area contributed by atoms with Crippen LogP contribution in [0.15, 0.2) is 47.4 Å². The normalized spacial score (nSPS) is 12.6. The SMILES string of the molecule is CCC(C)NS(=O)(=O)c1ccc(NC(=O)c2ccccc2Cl)c(F)c1. The fraction of sp³-hybridized carbons (Fsp3) is 0.235. The van der Waals surface area contributed by atoms with Crippen molar-refractivity contribution in [3.63, 3.8) is 0 Å². The van der Waals surface area contributed by atoms with Crippen LogP contribution in [-0.4, -0.2) is 20.4 Å². The molecule has 8 heteroatoms. The highest BCUT2D eigenvalue weighted by Gasteiger charge is 2.19. The zero-order chi connectivity index (χ0) is 18.6. The molecule has 1 unspecified atom stereocenters. The lowest BCUT2D eigenvalue weighted by molar-refractivity contribution is 0.102. The lowest BCUT2D eigenvalue weighted by Gasteiger charge is -2.13. The lowest BCUT2D eigenvalue weighted by Crippen LogP contribution is -2.32. The zero-order valence-electron chi connectivity index (χ0n) is 13.7. The van der Waals surface area contributed by atoms with Crippen LogP contribution in [0, 0.1) is 5.82 Å². The highest BCUT2D eigenvalue weighted by atomic mass is 35.5. The van der Waals surface area contributed by atoms with Crippen molar-refractivity contribution in [1.29, 1.82) is 0 Å². The maximum atomic E-state index is 14.2. The summed E-state index contributed by atoms with van der Waals surface area (Å²) < 4.78 is 41.0.